The summed E-state index contributed by atoms with van der Waals surface area (Å²) in [6.45, 7) is 0.235. The van der Waals surface area contributed by atoms with E-state index in [2.05, 4.69) is 63.7 Å². The Labute approximate surface area is 254 Å². The SMILES string of the molecule is COCOc1c(Br)cc(/C=C/C(=O)c2ccc(C(=O)/C=C/c3cc(Br)c(OCOC)c(Br)c3)cc2)cc1Br. The summed E-state index contributed by atoms with van der Waals surface area (Å²) in [6.07, 6.45) is 6.38. The monoisotopic (exact) mass is 770 g/mol. The highest BCUT2D eigenvalue weighted by atomic mass is 79.9. The molecule has 38 heavy (non-hydrogen) atoms. The molecule has 0 spiro atoms. The molecular weight excluding hydrogens is 752 g/mol. The molecule has 0 atom stereocenters. The highest BCUT2D eigenvalue weighted by Crippen LogP contribution is 2.36. The molecule has 10 heteroatoms. The van der Waals surface area contributed by atoms with Crippen molar-refractivity contribution in [1.29, 1.82) is 0 Å². The lowest BCUT2D eigenvalue weighted by Gasteiger charge is -2.10. The third-order valence-electron chi connectivity index (χ3n) is 4.99. The maximum atomic E-state index is 12.7. The van der Waals surface area contributed by atoms with Crippen molar-refractivity contribution in [2.24, 2.45) is 0 Å². The molecule has 3 aromatic rings. The van der Waals surface area contributed by atoms with Crippen LogP contribution in [-0.2, 0) is 9.47 Å². The number of hydrogen-bond donors (Lipinski definition) is 0. The molecule has 0 heterocycles. The van der Waals surface area contributed by atoms with Crippen molar-refractivity contribution in [2.45, 2.75) is 0 Å². The number of carbonyl (C=O) groups excluding carboxylic acids is 2. The van der Waals surface area contributed by atoms with Crippen molar-refractivity contribution in [3.05, 3.63) is 101 Å². The normalized spacial score (nSPS) is 11.3. The Bertz CT molecular complexity index is 1220. The van der Waals surface area contributed by atoms with E-state index in [4.69, 9.17) is 18.9 Å². The molecule has 0 aliphatic heterocycles. The van der Waals surface area contributed by atoms with Crippen LogP contribution in [-0.4, -0.2) is 39.4 Å². The second-order valence-electron chi connectivity index (χ2n) is 7.70. The number of halogens is 4. The summed E-state index contributed by atoms with van der Waals surface area (Å²) in [4.78, 5) is 25.3. The van der Waals surface area contributed by atoms with Gasteiger partial charge in [0.05, 0.1) is 17.9 Å². The highest BCUT2D eigenvalue weighted by molar-refractivity contribution is 9.11. The summed E-state index contributed by atoms with van der Waals surface area (Å²) in [5, 5.41) is 0. The van der Waals surface area contributed by atoms with Crippen LogP contribution >= 0.6 is 63.7 Å². The zero-order valence-corrected chi connectivity index (χ0v) is 26.6. The van der Waals surface area contributed by atoms with Gasteiger partial charge in [-0.2, -0.15) is 0 Å². The fraction of sp³-hybridized carbons (Fsp3) is 0.143. The van der Waals surface area contributed by atoms with E-state index in [-0.39, 0.29) is 25.2 Å². The van der Waals surface area contributed by atoms with Gasteiger partial charge in [0.1, 0.15) is 0 Å². The van der Waals surface area contributed by atoms with Gasteiger partial charge < -0.3 is 18.9 Å². The van der Waals surface area contributed by atoms with E-state index in [9.17, 15) is 9.59 Å². The Morgan fingerprint density at radius 3 is 1.24 bits per heavy atom. The summed E-state index contributed by atoms with van der Waals surface area (Å²) in [7, 11) is 3.09. The minimum atomic E-state index is -0.183. The number of allylic oxidation sites excluding steroid dienone is 2. The Hall–Kier alpha value is -2.08. The van der Waals surface area contributed by atoms with E-state index >= 15 is 0 Å². The molecular formula is C28H22Br4O6. The van der Waals surface area contributed by atoms with Crippen molar-refractivity contribution < 1.29 is 28.5 Å². The Kier molecular flexibility index (Phi) is 11.9. The first-order chi connectivity index (χ1) is 18.2. The lowest BCUT2D eigenvalue weighted by atomic mass is 10.0. The van der Waals surface area contributed by atoms with Crippen molar-refractivity contribution in [3.8, 4) is 11.5 Å². The molecule has 0 aliphatic rings. The molecule has 0 amide bonds. The molecule has 0 fully saturated rings. The number of hydrogen-bond acceptors (Lipinski definition) is 6. The van der Waals surface area contributed by atoms with Crippen LogP contribution in [0.1, 0.15) is 31.8 Å². The van der Waals surface area contributed by atoms with Gasteiger partial charge in [-0.1, -0.05) is 36.4 Å². The van der Waals surface area contributed by atoms with E-state index in [1.165, 1.54) is 12.2 Å². The topological polar surface area (TPSA) is 71.1 Å². The van der Waals surface area contributed by atoms with Crippen molar-refractivity contribution in [3.63, 3.8) is 0 Å². The zero-order valence-electron chi connectivity index (χ0n) is 20.3. The lowest BCUT2D eigenvalue weighted by molar-refractivity contribution is 0.0498. The van der Waals surface area contributed by atoms with Gasteiger partial charge in [0, 0.05) is 25.3 Å². The van der Waals surface area contributed by atoms with E-state index in [1.807, 2.05) is 24.3 Å². The van der Waals surface area contributed by atoms with Crippen LogP contribution in [0.3, 0.4) is 0 Å². The fourth-order valence-corrected chi connectivity index (χ4v) is 6.10. The predicted molar refractivity (Wildman–Crippen MR) is 162 cm³/mol. The smallest absolute Gasteiger partial charge is 0.188 e. The average molecular weight is 774 g/mol. The third-order valence-corrected chi connectivity index (χ3v) is 7.35. The van der Waals surface area contributed by atoms with Crippen molar-refractivity contribution >= 4 is 87.4 Å². The maximum absolute atomic E-state index is 12.7. The summed E-state index contributed by atoms with van der Waals surface area (Å²) >= 11 is 13.9. The Morgan fingerprint density at radius 1 is 0.632 bits per heavy atom. The quantitative estimate of drug-likeness (QED) is 0.105. The first-order valence-electron chi connectivity index (χ1n) is 11.0. The maximum Gasteiger partial charge on any atom is 0.188 e. The molecule has 0 saturated heterocycles. The summed E-state index contributed by atoms with van der Waals surface area (Å²) < 4.78 is 23.8. The van der Waals surface area contributed by atoms with E-state index in [0.29, 0.717) is 22.6 Å². The second kappa shape index (κ2) is 14.9. The zero-order chi connectivity index (χ0) is 27.7. The first-order valence-corrected chi connectivity index (χ1v) is 14.2. The second-order valence-corrected chi connectivity index (χ2v) is 11.1. The molecule has 0 bridgehead atoms. The molecule has 3 aromatic carbocycles. The van der Waals surface area contributed by atoms with Gasteiger partial charge in [0.15, 0.2) is 36.7 Å². The largest absolute Gasteiger partial charge is 0.465 e. The number of ether oxygens (including phenoxy) is 4. The van der Waals surface area contributed by atoms with Crippen molar-refractivity contribution in [1.82, 2.24) is 0 Å². The van der Waals surface area contributed by atoms with Crippen LogP contribution in [0.25, 0.3) is 12.2 Å². The minimum Gasteiger partial charge on any atom is -0.465 e. The Morgan fingerprint density at radius 2 is 0.947 bits per heavy atom. The molecule has 6 nitrogen and oxygen atoms in total. The van der Waals surface area contributed by atoms with E-state index in [0.717, 1.165) is 29.0 Å². The molecule has 0 aromatic heterocycles. The fourth-order valence-electron chi connectivity index (χ4n) is 3.20. The van der Waals surface area contributed by atoms with Gasteiger partial charge in [-0.15, -0.1) is 0 Å². The lowest BCUT2D eigenvalue weighted by Crippen LogP contribution is -2.00. The molecule has 0 radical (unpaired) electrons. The van der Waals surface area contributed by atoms with Gasteiger partial charge in [-0.3, -0.25) is 9.59 Å². The standard InChI is InChI=1S/C28H22Br4O6/c1-35-15-37-27-21(29)11-17(12-22(27)30)3-9-25(33)19-5-7-20(8-6-19)26(34)10-4-18-13-23(31)28(24(32)14-18)38-16-36-2/h3-14H,15-16H2,1-2H3/b9-3+,10-4+. The number of benzene rings is 3. The van der Waals surface area contributed by atoms with E-state index < -0.39 is 0 Å². The molecule has 198 valence electrons. The minimum absolute atomic E-state index is 0.118. The van der Waals surface area contributed by atoms with Crippen LogP contribution in [0.15, 0.2) is 78.6 Å². The van der Waals surface area contributed by atoms with Crippen LogP contribution in [0.2, 0.25) is 0 Å². The molecule has 0 aliphatic carbocycles. The van der Waals surface area contributed by atoms with Gasteiger partial charge in [-0.25, -0.2) is 0 Å². The first kappa shape index (κ1) is 30.5. The molecule has 0 saturated carbocycles. The number of methoxy groups -OCH3 is 2. The van der Waals surface area contributed by atoms with Crippen molar-refractivity contribution in [2.75, 3.05) is 27.8 Å². The van der Waals surface area contributed by atoms with Crippen LogP contribution in [0.4, 0.5) is 0 Å². The number of ketones is 2. The average Bonchev–Trinajstić information content (AvgIpc) is 2.89. The molecule has 3 rings (SSSR count). The predicted octanol–water partition coefficient (Wildman–Crippen LogP) is 8.49. The third kappa shape index (κ3) is 8.46. The Balaban J connectivity index is 1.66. The summed E-state index contributed by atoms with van der Waals surface area (Å²) in [6, 6.07) is 13.9. The van der Waals surface area contributed by atoms with Gasteiger partial charge in [0.2, 0.25) is 0 Å². The van der Waals surface area contributed by atoms with Gasteiger partial charge in [0.25, 0.3) is 0 Å². The van der Waals surface area contributed by atoms with Gasteiger partial charge in [-0.05, 0) is 111 Å². The van der Waals surface area contributed by atoms with Crippen LogP contribution in [0, 0.1) is 0 Å². The van der Waals surface area contributed by atoms with E-state index in [1.54, 1.807) is 50.6 Å². The molecule has 0 unspecified atom stereocenters. The highest BCUT2D eigenvalue weighted by Gasteiger charge is 2.11. The van der Waals surface area contributed by atoms with Crippen LogP contribution < -0.4 is 9.47 Å². The van der Waals surface area contributed by atoms with Crippen LogP contribution in [0.5, 0.6) is 11.5 Å². The number of rotatable bonds is 12. The number of carbonyl (C=O) groups is 2. The summed E-state index contributed by atoms with van der Waals surface area (Å²) in [5.74, 6) is 0.852. The summed E-state index contributed by atoms with van der Waals surface area (Å²) in [5.41, 5.74) is 2.55. The van der Waals surface area contributed by atoms with Gasteiger partial charge >= 0.3 is 0 Å². The molecule has 0 N–H and O–H groups in total.